The molecule has 96 valence electrons. The van der Waals surface area contributed by atoms with Crippen LogP contribution in [0.3, 0.4) is 0 Å². The van der Waals surface area contributed by atoms with Crippen molar-refractivity contribution in [2.75, 3.05) is 7.05 Å². The summed E-state index contributed by atoms with van der Waals surface area (Å²) in [6.07, 6.45) is 1.81. The van der Waals surface area contributed by atoms with Gasteiger partial charge in [0.05, 0.1) is 0 Å². The molecule has 2 rings (SSSR count). The molecule has 1 nitrogen and oxygen atoms in total. The van der Waals surface area contributed by atoms with E-state index in [4.69, 9.17) is 11.6 Å². The van der Waals surface area contributed by atoms with E-state index in [1.807, 2.05) is 7.05 Å². The van der Waals surface area contributed by atoms with E-state index < -0.39 is 0 Å². The van der Waals surface area contributed by atoms with Crippen LogP contribution < -0.4 is 5.32 Å². The van der Waals surface area contributed by atoms with Gasteiger partial charge in [-0.25, -0.2) is 4.39 Å². The van der Waals surface area contributed by atoms with Gasteiger partial charge in [0, 0.05) is 16.6 Å². The van der Waals surface area contributed by atoms with Crippen LogP contribution in [0.2, 0.25) is 5.02 Å². The van der Waals surface area contributed by atoms with E-state index in [1.54, 1.807) is 23.5 Å². The van der Waals surface area contributed by atoms with Crippen LogP contribution >= 0.6 is 22.9 Å². The quantitative estimate of drug-likeness (QED) is 0.856. The van der Waals surface area contributed by atoms with E-state index in [0.29, 0.717) is 10.6 Å². The van der Waals surface area contributed by atoms with Gasteiger partial charge in [0.2, 0.25) is 0 Å². The molecule has 1 heterocycles. The zero-order chi connectivity index (χ0) is 13.0. The summed E-state index contributed by atoms with van der Waals surface area (Å²) in [5.74, 6) is -0.243. The minimum atomic E-state index is -0.243. The Morgan fingerprint density at radius 3 is 2.83 bits per heavy atom. The number of rotatable bonds is 5. The number of benzene rings is 1. The maximum atomic E-state index is 13.8. The van der Waals surface area contributed by atoms with Crippen molar-refractivity contribution in [3.05, 3.63) is 57.0 Å². The maximum absolute atomic E-state index is 13.8. The summed E-state index contributed by atoms with van der Waals surface area (Å²) < 4.78 is 13.8. The van der Waals surface area contributed by atoms with Crippen LogP contribution in [-0.4, -0.2) is 7.05 Å². The molecular weight excluding hydrogens is 269 g/mol. The lowest BCUT2D eigenvalue weighted by molar-refractivity contribution is 0.509. The molecule has 0 fully saturated rings. The molecule has 1 aromatic heterocycles. The summed E-state index contributed by atoms with van der Waals surface area (Å²) in [6, 6.07) is 6.98. The molecule has 1 atom stereocenters. The zero-order valence-electron chi connectivity index (χ0n) is 10.1. The van der Waals surface area contributed by atoms with Crippen molar-refractivity contribution in [1.29, 1.82) is 0 Å². The highest BCUT2D eigenvalue weighted by Crippen LogP contribution is 2.24. The molecule has 0 aliphatic rings. The average molecular weight is 284 g/mol. The normalized spacial score (nSPS) is 12.6. The lowest BCUT2D eigenvalue weighted by Crippen LogP contribution is -2.18. The molecular formula is C14H15ClFNS. The van der Waals surface area contributed by atoms with Gasteiger partial charge >= 0.3 is 0 Å². The van der Waals surface area contributed by atoms with Crippen LogP contribution in [0.1, 0.15) is 23.6 Å². The van der Waals surface area contributed by atoms with Gasteiger partial charge in [0.25, 0.3) is 0 Å². The van der Waals surface area contributed by atoms with Crippen molar-refractivity contribution < 1.29 is 4.39 Å². The van der Waals surface area contributed by atoms with Crippen LogP contribution in [0.25, 0.3) is 0 Å². The predicted octanol–water partition coefficient (Wildman–Crippen LogP) is 4.43. The second-order valence-electron chi connectivity index (χ2n) is 4.18. The molecule has 18 heavy (non-hydrogen) atoms. The number of nitrogens with one attached hydrogen (secondary N) is 1. The van der Waals surface area contributed by atoms with Crippen LogP contribution in [0.4, 0.5) is 4.39 Å². The molecule has 0 radical (unpaired) electrons. The second-order valence-corrected chi connectivity index (χ2v) is 5.39. The van der Waals surface area contributed by atoms with Crippen molar-refractivity contribution in [2.45, 2.75) is 18.9 Å². The van der Waals surface area contributed by atoms with Gasteiger partial charge in [-0.2, -0.15) is 11.3 Å². The fraction of sp³-hybridized carbons (Fsp3) is 0.286. The molecule has 1 aromatic carbocycles. The maximum Gasteiger partial charge on any atom is 0.129 e. The van der Waals surface area contributed by atoms with E-state index in [1.165, 1.54) is 11.6 Å². The highest BCUT2D eigenvalue weighted by atomic mass is 35.5. The first-order valence-corrected chi connectivity index (χ1v) is 7.16. The molecule has 4 heteroatoms. The Kier molecular flexibility index (Phi) is 4.75. The predicted molar refractivity (Wildman–Crippen MR) is 75.9 cm³/mol. The van der Waals surface area contributed by atoms with E-state index in [-0.39, 0.29) is 11.9 Å². The molecule has 0 amide bonds. The zero-order valence-corrected chi connectivity index (χ0v) is 11.7. The lowest BCUT2D eigenvalue weighted by Gasteiger charge is -2.17. The van der Waals surface area contributed by atoms with Gasteiger partial charge in [-0.15, -0.1) is 0 Å². The fourth-order valence-corrected chi connectivity index (χ4v) is 2.85. The second kappa shape index (κ2) is 6.32. The van der Waals surface area contributed by atoms with Crippen molar-refractivity contribution >= 4 is 22.9 Å². The van der Waals surface area contributed by atoms with Gasteiger partial charge in [-0.3, -0.25) is 0 Å². The van der Waals surface area contributed by atoms with E-state index >= 15 is 0 Å². The van der Waals surface area contributed by atoms with Crippen molar-refractivity contribution in [2.24, 2.45) is 0 Å². The number of thiophene rings is 1. The number of halogens is 2. The van der Waals surface area contributed by atoms with Crippen molar-refractivity contribution in [3.63, 3.8) is 0 Å². The lowest BCUT2D eigenvalue weighted by atomic mass is 10.00. The third kappa shape index (κ3) is 3.31. The average Bonchev–Trinajstić information content (AvgIpc) is 2.85. The number of aryl methyl sites for hydroxylation is 1. The summed E-state index contributed by atoms with van der Waals surface area (Å²) in [7, 11) is 1.85. The fourth-order valence-electron chi connectivity index (χ4n) is 1.99. The Morgan fingerprint density at radius 1 is 1.39 bits per heavy atom. The van der Waals surface area contributed by atoms with E-state index in [0.717, 1.165) is 12.8 Å². The first-order valence-electron chi connectivity index (χ1n) is 5.84. The standard InChI is InChI=1S/C14H15ClFNS/c1-17-14(5-2-10-6-7-18-9-10)12-4-3-11(15)8-13(12)16/h3-4,6-9,14,17H,2,5H2,1H3. The van der Waals surface area contributed by atoms with Gasteiger partial charge in [0.15, 0.2) is 0 Å². The van der Waals surface area contributed by atoms with Crippen LogP contribution in [0.5, 0.6) is 0 Å². The SMILES string of the molecule is CNC(CCc1ccsc1)c1ccc(Cl)cc1F. The Morgan fingerprint density at radius 2 is 2.22 bits per heavy atom. The molecule has 0 bridgehead atoms. The van der Waals surface area contributed by atoms with E-state index in [2.05, 4.69) is 22.1 Å². The molecule has 2 aromatic rings. The molecule has 0 saturated heterocycles. The molecule has 1 N–H and O–H groups in total. The third-order valence-corrected chi connectivity index (χ3v) is 3.96. The molecule has 0 aliphatic carbocycles. The number of hydrogen-bond acceptors (Lipinski definition) is 2. The van der Waals surface area contributed by atoms with Crippen molar-refractivity contribution in [3.8, 4) is 0 Å². The largest absolute Gasteiger partial charge is 0.313 e. The summed E-state index contributed by atoms with van der Waals surface area (Å²) in [4.78, 5) is 0. The Balaban J connectivity index is 2.08. The van der Waals surface area contributed by atoms with Gasteiger partial charge in [-0.1, -0.05) is 17.7 Å². The highest BCUT2D eigenvalue weighted by molar-refractivity contribution is 7.07. The summed E-state index contributed by atoms with van der Waals surface area (Å²) >= 11 is 7.45. The van der Waals surface area contributed by atoms with Crippen molar-refractivity contribution in [1.82, 2.24) is 5.32 Å². The minimum Gasteiger partial charge on any atom is -0.313 e. The summed E-state index contributed by atoms with van der Waals surface area (Å²) in [5.41, 5.74) is 1.98. The van der Waals surface area contributed by atoms with Gasteiger partial charge < -0.3 is 5.32 Å². The summed E-state index contributed by atoms with van der Waals surface area (Å²) in [6.45, 7) is 0. The highest BCUT2D eigenvalue weighted by Gasteiger charge is 2.14. The topological polar surface area (TPSA) is 12.0 Å². The molecule has 0 aliphatic heterocycles. The molecule has 0 saturated carbocycles. The van der Waals surface area contributed by atoms with E-state index in [9.17, 15) is 4.39 Å². The first-order chi connectivity index (χ1) is 8.70. The van der Waals surface area contributed by atoms with Crippen LogP contribution in [0, 0.1) is 5.82 Å². The summed E-state index contributed by atoms with van der Waals surface area (Å²) in [5, 5.41) is 7.79. The van der Waals surface area contributed by atoms with Crippen LogP contribution in [-0.2, 0) is 6.42 Å². The Hall–Kier alpha value is -0.900. The van der Waals surface area contributed by atoms with Crippen LogP contribution in [0.15, 0.2) is 35.0 Å². The Bertz CT molecular complexity index is 499. The first kappa shape index (κ1) is 13.5. The third-order valence-electron chi connectivity index (χ3n) is 2.99. The Labute approximate surface area is 116 Å². The smallest absolute Gasteiger partial charge is 0.129 e. The van der Waals surface area contributed by atoms with Gasteiger partial charge in [0.1, 0.15) is 5.82 Å². The number of hydrogen-bond donors (Lipinski definition) is 1. The minimum absolute atomic E-state index is 0.0159. The van der Waals surface area contributed by atoms with Gasteiger partial charge in [-0.05, 0) is 54.4 Å². The molecule has 1 unspecified atom stereocenters. The monoisotopic (exact) mass is 283 g/mol. The molecule has 0 spiro atoms.